The van der Waals surface area contributed by atoms with E-state index in [2.05, 4.69) is 10.4 Å². The van der Waals surface area contributed by atoms with Gasteiger partial charge in [-0.05, 0) is 38.0 Å². The van der Waals surface area contributed by atoms with Gasteiger partial charge in [-0.2, -0.15) is 5.10 Å². The molecule has 0 aliphatic rings. The van der Waals surface area contributed by atoms with Crippen molar-refractivity contribution in [1.29, 1.82) is 0 Å². The number of carbonyl (C=O) groups is 1. The maximum Gasteiger partial charge on any atom is 0.267 e. The minimum Gasteiger partial charge on any atom is -0.350 e. The summed E-state index contributed by atoms with van der Waals surface area (Å²) in [5.74, 6) is -0.0355. The first-order valence-corrected chi connectivity index (χ1v) is 6.39. The molecule has 0 aliphatic carbocycles. The van der Waals surface area contributed by atoms with Crippen LogP contribution in [0.1, 0.15) is 27.4 Å². The smallest absolute Gasteiger partial charge is 0.267 e. The zero-order chi connectivity index (χ0) is 14.0. The Bertz CT molecular complexity index is 595. The van der Waals surface area contributed by atoms with Crippen molar-refractivity contribution >= 4 is 5.91 Å². The third-order valence-electron chi connectivity index (χ3n) is 3.50. The van der Waals surface area contributed by atoms with Gasteiger partial charge in [0.2, 0.25) is 0 Å². The fraction of sp³-hybridized carbons (Fsp3) is 0.429. The third-order valence-corrected chi connectivity index (χ3v) is 3.50. The van der Waals surface area contributed by atoms with E-state index in [0.717, 1.165) is 17.8 Å². The molecule has 5 nitrogen and oxygen atoms in total. The van der Waals surface area contributed by atoms with Crippen molar-refractivity contribution in [3.8, 4) is 0 Å². The molecule has 0 aliphatic heterocycles. The van der Waals surface area contributed by atoms with E-state index in [1.165, 1.54) is 5.56 Å². The molecule has 0 atom stereocenters. The summed E-state index contributed by atoms with van der Waals surface area (Å²) in [5, 5.41) is 7.31. The molecular weight excluding hydrogens is 240 g/mol. The van der Waals surface area contributed by atoms with Crippen molar-refractivity contribution < 1.29 is 4.79 Å². The molecule has 0 radical (unpaired) electrons. The van der Waals surface area contributed by atoms with Crippen molar-refractivity contribution in [2.75, 3.05) is 6.54 Å². The van der Waals surface area contributed by atoms with E-state index >= 15 is 0 Å². The lowest BCUT2D eigenvalue weighted by Gasteiger charge is -2.06. The van der Waals surface area contributed by atoms with Gasteiger partial charge in [0.05, 0.1) is 5.69 Å². The first kappa shape index (κ1) is 13.4. The Balaban J connectivity index is 1.94. The van der Waals surface area contributed by atoms with Crippen LogP contribution in [0.4, 0.5) is 0 Å². The van der Waals surface area contributed by atoms with Crippen molar-refractivity contribution in [3.63, 3.8) is 0 Å². The molecular formula is C14H20N4O. The van der Waals surface area contributed by atoms with E-state index in [1.807, 2.05) is 55.5 Å². The number of hydrogen-bond acceptors (Lipinski definition) is 2. The quantitative estimate of drug-likeness (QED) is 0.902. The van der Waals surface area contributed by atoms with E-state index in [0.29, 0.717) is 12.2 Å². The molecule has 0 aromatic carbocycles. The number of aryl methyl sites for hydroxylation is 3. The van der Waals surface area contributed by atoms with E-state index in [4.69, 9.17) is 0 Å². The predicted octanol–water partition coefficient (Wildman–Crippen LogP) is 1.35. The highest BCUT2D eigenvalue weighted by molar-refractivity contribution is 5.92. The van der Waals surface area contributed by atoms with Gasteiger partial charge in [0, 0.05) is 32.5 Å². The Hall–Kier alpha value is -2.04. The molecule has 0 saturated carbocycles. The Morgan fingerprint density at radius 1 is 1.37 bits per heavy atom. The van der Waals surface area contributed by atoms with Crippen LogP contribution < -0.4 is 5.32 Å². The fourth-order valence-electron chi connectivity index (χ4n) is 2.27. The van der Waals surface area contributed by atoms with Gasteiger partial charge >= 0.3 is 0 Å². The number of nitrogens with one attached hydrogen (secondary N) is 1. The lowest BCUT2D eigenvalue weighted by atomic mass is 10.1. The fourth-order valence-corrected chi connectivity index (χ4v) is 2.27. The molecule has 2 aromatic heterocycles. The number of carbonyl (C=O) groups excluding carboxylic acids is 1. The second-order valence-electron chi connectivity index (χ2n) is 4.78. The molecule has 0 bridgehead atoms. The number of hydrogen-bond donors (Lipinski definition) is 1. The van der Waals surface area contributed by atoms with Crippen LogP contribution in [0.5, 0.6) is 0 Å². The third kappa shape index (κ3) is 2.70. The summed E-state index contributed by atoms with van der Waals surface area (Å²) in [6.45, 7) is 4.67. The zero-order valence-electron chi connectivity index (χ0n) is 11.9. The largest absolute Gasteiger partial charge is 0.350 e. The topological polar surface area (TPSA) is 51.9 Å². The first-order valence-electron chi connectivity index (χ1n) is 6.39. The molecule has 1 N–H and O–H groups in total. The minimum atomic E-state index is -0.0355. The number of amides is 1. The Morgan fingerprint density at radius 2 is 2.11 bits per heavy atom. The molecule has 1 amide bonds. The summed E-state index contributed by atoms with van der Waals surface area (Å²) >= 11 is 0. The molecule has 2 rings (SSSR count). The number of aromatic nitrogens is 3. The summed E-state index contributed by atoms with van der Waals surface area (Å²) < 4.78 is 3.69. The molecule has 2 aromatic rings. The van der Waals surface area contributed by atoms with E-state index in [1.54, 1.807) is 0 Å². The Kier molecular flexibility index (Phi) is 3.74. The molecule has 19 heavy (non-hydrogen) atoms. The highest BCUT2D eigenvalue weighted by Gasteiger charge is 2.11. The lowest BCUT2D eigenvalue weighted by molar-refractivity contribution is 0.0946. The zero-order valence-corrected chi connectivity index (χ0v) is 11.9. The SMILES string of the molecule is Cc1nn(C)c(C)c1CCNC(=O)c1cccn1C. The molecule has 0 fully saturated rings. The summed E-state index contributed by atoms with van der Waals surface area (Å²) in [7, 11) is 3.80. The summed E-state index contributed by atoms with van der Waals surface area (Å²) in [4.78, 5) is 11.9. The summed E-state index contributed by atoms with van der Waals surface area (Å²) in [5.41, 5.74) is 4.09. The number of nitrogens with zero attached hydrogens (tertiary/aromatic N) is 3. The molecule has 102 valence electrons. The van der Waals surface area contributed by atoms with Gasteiger partial charge in [-0.25, -0.2) is 0 Å². The Labute approximate surface area is 113 Å². The van der Waals surface area contributed by atoms with Gasteiger partial charge in [0.25, 0.3) is 5.91 Å². The van der Waals surface area contributed by atoms with Gasteiger partial charge in [-0.1, -0.05) is 0 Å². The molecule has 5 heteroatoms. The normalized spacial score (nSPS) is 10.7. The van der Waals surface area contributed by atoms with Crippen LogP contribution >= 0.6 is 0 Å². The van der Waals surface area contributed by atoms with Crippen LogP contribution in [0.25, 0.3) is 0 Å². The van der Waals surface area contributed by atoms with Gasteiger partial charge < -0.3 is 9.88 Å². The number of rotatable bonds is 4. The van der Waals surface area contributed by atoms with Crippen LogP contribution in [0, 0.1) is 13.8 Å². The standard InChI is InChI=1S/C14H20N4O/c1-10-12(11(2)18(4)16-10)7-8-15-14(19)13-6-5-9-17(13)3/h5-6,9H,7-8H2,1-4H3,(H,15,19). The highest BCUT2D eigenvalue weighted by Crippen LogP contribution is 2.11. The summed E-state index contributed by atoms with van der Waals surface area (Å²) in [6.07, 6.45) is 2.67. The van der Waals surface area contributed by atoms with E-state index < -0.39 is 0 Å². The maximum atomic E-state index is 11.9. The lowest BCUT2D eigenvalue weighted by Crippen LogP contribution is -2.27. The van der Waals surface area contributed by atoms with Crippen molar-refractivity contribution in [2.24, 2.45) is 14.1 Å². The van der Waals surface area contributed by atoms with Crippen LogP contribution in [-0.2, 0) is 20.5 Å². The van der Waals surface area contributed by atoms with E-state index in [9.17, 15) is 4.79 Å². The van der Waals surface area contributed by atoms with Gasteiger partial charge in [-0.3, -0.25) is 9.48 Å². The average molecular weight is 260 g/mol. The van der Waals surface area contributed by atoms with Crippen LogP contribution in [0.15, 0.2) is 18.3 Å². The second-order valence-corrected chi connectivity index (χ2v) is 4.78. The molecule has 0 spiro atoms. The van der Waals surface area contributed by atoms with Crippen LogP contribution in [0.2, 0.25) is 0 Å². The van der Waals surface area contributed by atoms with Crippen molar-refractivity contribution in [1.82, 2.24) is 19.7 Å². The predicted molar refractivity (Wildman–Crippen MR) is 74.1 cm³/mol. The Morgan fingerprint density at radius 3 is 2.63 bits per heavy atom. The van der Waals surface area contributed by atoms with Gasteiger partial charge in [0.15, 0.2) is 0 Å². The molecule has 0 unspecified atom stereocenters. The van der Waals surface area contributed by atoms with Crippen molar-refractivity contribution in [3.05, 3.63) is 41.0 Å². The second kappa shape index (κ2) is 5.30. The monoisotopic (exact) mass is 260 g/mol. The van der Waals surface area contributed by atoms with E-state index in [-0.39, 0.29) is 5.91 Å². The van der Waals surface area contributed by atoms with Gasteiger partial charge in [-0.15, -0.1) is 0 Å². The molecule has 2 heterocycles. The minimum absolute atomic E-state index is 0.0355. The molecule has 0 saturated heterocycles. The van der Waals surface area contributed by atoms with Gasteiger partial charge in [0.1, 0.15) is 5.69 Å². The van der Waals surface area contributed by atoms with Crippen molar-refractivity contribution in [2.45, 2.75) is 20.3 Å². The highest BCUT2D eigenvalue weighted by atomic mass is 16.1. The van der Waals surface area contributed by atoms with Crippen LogP contribution in [-0.4, -0.2) is 26.8 Å². The first-order chi connectivity index (χ1) is 9.00. The maximum absolute atomic E-state index is 11.9. The van der Waals surface area contributed by atoms with Crippen LogP contribution in [0.3, 0.4) is 0 Å². The summed E-state index contributed by atoms with van der Waals surface area (Å²) in [6, 6.07) is 3.68. The average Bonchev–Trinajstić information content (AvgIpc) is 2.88.